The number of nitrogens with one attached hydrogen (secondary N) is 2. The van der Waals surface area contributed by atoms with Crippen LogP contribution in [-0.2, 0) is 24.3 Å². The number of hydrogen-bond donors (Lipinski definition) is 2. The SMILES string of the molecule is CCCNC(=O)c1ccc(Cl)cc1NCc1noc2c1COCC2. The number of carbonyl (C=O) groups is 1. The number of halogens is 1. The number of ether oxygens (including phenoxy) is 1. The maximum Gasteiger partial charge on any atom is 0.253 e. The van der Waals surface area contributed by atoms with Crippen LogP contribution in [0.1, 0.15) is 40.7 Å². The third kappa shape index (κ3) is 3.71. The lowest BCUT2D eigenvalue weighted by atomic mass is 10.1. The van der Waals surface area contributed by atoms with Gasteiger partial charge in [-0.1, -0.05) is 23.7 Å². The number of amides is 1. The molecule has 0 unspecified atom stereocenters. The highest BCUT2D eigenvalue weighted by Gasteiger charge is 2.20. The third-order valence-electron chi connectivity index (χ3n) is 3.88. The van der Waals surface area contributed by atoms with Crippen molar-refractivity contribution in [3.8, 4) is 0 Å². The molecule has 24 heavy (non-hydrogen) atoms. The highest BCUT2D eigenvalue weighted by molar-refractivity contribution is 6.31. The van der Waals surface area contributed by atoms with Gasteiger partial charge in [0.15, 0.2) is 0 Å². The lowest BCUT2D eigenvalue weighted by Gasteiger charge is -2.13. The zero-order valence-electron chi connectivity index (χ0n) is 13.5. The van der Waals surface area contributed by atoms with E-state index in [0.717, 1.165) is 29.9 Å². The Labute approximate surface area is 145 Å². The van der Waals surface area contributed by atoms with Gasteiger partial charge in [0.2, 0.25) is 0 Å². The largest absolute Gasteiger partial charge is 0.379 e. The fourth-order valence-corrected chi connectivity index (χ4v) is 2.77. The Morgan fingerprint density at radius 3 is 3.12 bits per heavy atom. The Balaban J connectivity index is 1.75. The highest BCUT2D eigenvalue weighted by atomic mass is 35.5. The molecule has 1 aromatic heterocycles. The van der Waals surface area contributed by atoms with E-state index in [-0.39, 0.29) is 5.91 Å². The van der Waals surface area contributed by atoms with Gasteiger partial charge >= 0.3 is 0 Å². The molecular formula is C17H20ClN3O3. The van der Waals surface area contributed by atoms with Gasteiger partial charge in [-0.15, -0.1) is 0 Å². The molecule has 0 spiro atoms. The predicted octanol–water partition coefficient (Wildman–Crippen LogP) is 3.15. The van der Waals surface area contributed by atoms with Crippen molar-refractivity contribution in [1.29, 1.82) is 0 Å². The molecule has 6 nitrogen and oxygen atoms in total. The maximum absolute atomic E-state index is 12.3. The van der Waals surface area contributed by atoms with E-state index in [1.165, 1.54) is 0 Å². The van der Waals surface area contributed by atoms with Crippen LogP contribution in [0.2, 0.25) is 5.02 Å². The molecule has 3 rings (SSSR count). The minimum Gasteiger partial charge on any atom is -0.379 e. The summed E-state index contributed by atoms with van der Waals surface area (Å²) in [5.41, 5.74) is 3.02. The fourth-order valence-electron chi connectivity index (χ4n) is 2.59. The first kappa shape index (κ1) is 16.8. The second-order valence-electron chi connectivity index (χ2n) is 5.63. The van der Waals surface area contributed by atoms with E-state index in [1.807, 2.05) is 6.92 Å². The summed E-state index contributed by atoms with van der Waals surface area (Å²) >= 11 is 6.08. The molecule has 0 bridgehead atoms. The van der Waals surface area contributed by atoms with Crippen LogP contribution in [-0.4, -0.2) is 24.2 Å². The average Bonchev–Trinajstić information content (AvgIpc) is 3.01. The summed E-state index contributed by atoms with van der Waals surface area (Å²) in [7, 11) is 0. The zero-order valence-corrected chi connectivity index (χ0v) is 14.3. The van der Waals surface area contributed by atoms with Crippen molar-refractivity contribution in [2.24, 2.45) is 0 Å². The fraction of sp³-hybridized carbons (Fsp3) is 0.412. The molecule has 0 saturated carbocycles. The molecule has 1 aliphatic heterocycles. The predicted molar refractivity (Wildman–Crippen MR) is 91.3 cm³/mol. The maximum atomic E-state index is 12.3. The van der Waals surface area contributed by atoms with Crippen molar-refractivity contribution in [3.05, 3.63) is 45.8 Å². The first-order chi connectivity index (χ1) is 11.7. The Morgan fingerprint density at radius 1 is 1.42 bits per heavy atom. The molecule has 2 N–H and O–H groups in total. The van der Waals surface area contributed by atoms with Gasteiger partial charge in [0.1, 0.15) is 11.5 Å². The number of hydrogen-bond acceptors (Lipinski definition) is 5. The molecule has 128 valence electrons. The van der Waals surface area contributed by atoms with E-state index in [4.69, 9.17) is 20.9 Å². The number of carbonyl (C=O) groups excluding carboxylic acids is 1. The van der Waals surface area contributed by atoms with Crippen molar-refractivity contribution in [2.75, 3.05) is 18.5 Å². The molecule has 1 aliphatic rings. The van der Waals surface area contributed by atoms with Crippen molar-refractivity contribution >= 4 is 23.2 Å². The van der Waals surface area contributed by atoms with E-state index in [1.54, 1.807) is 18.2 Å². The van der Waals surface area contributed by atoms with Crippen LogP contribution < -0.4 is 10.6 Å². The topological polar surface area (TPSA) is 76.4 Å². The molecule has 0 aliphatic carbocycles. The van der Waals surface area contributed by atoms with Crippen molar-refractivity contribution in [2.45, 2.75) is 32.9 Å². The summed E-state index contributed by atoms with van der Waals surface area (Å²) in [4.78, 5) is 12.3. The minimum absolute atomic E-state index is 0.124. The van der Waals surface area contributed by atoms with Crippen molar-refractivity contribution < 1.29 is 14.1 Å². The summed E-state index contributed by atoms with van der Waals surface area (Å²) in [6.45, 7) is 4.25. The highest BCUT2D eigenvalue weighted by Crippen LogP contribution is 2.24. The van der Waals surface area contributed by atoms with Gasteiger partial charge in [-0.2, -0.15) is 0 Å². The first-order valence-corrected chi connectivity index (χ1v) is 8.42. The Bertz CT molecular complexity index is 730. The standard InChI is InChI=1S/C17H20ClN3O3/c1-2-6-19-17(22)12-4-3-11(18)8-14(12)20-9-15-13-10-23-7-5-16(13)24-21-15/h3-4,8,20H,2,5-7,9-10H2,1H3,(H,19,22). The van der Waals surface area contributed by atoms with Gasteiger partial charge in [-0.3, -0.25) is 4.79 Å². The Kier molecular flexibility index (Phi) is 5.37. The number of anilines is 1. The summed E-state index contributed by atoms with van der Waals surface area (Å²) in [6.07, 6.45) is 1.62. The van der Waals surface area contributed by atoms with Crippen LogP contribution in [0.15, 0.2) is 22.7 Å². The normalized spacial score (nSPS) is 13.4. The molecule has 0 fully saturated rings. The van der Waals surface area contributed by atoms with Crippen LogP contribution in [0.4, 0.5) is 5.69 Å². The van der Waals surface area contributed by atoms with Gasteiger partial charge in [0.05, 0.1) is 25.3 Å². The Hall–Kier alpha value is -2.05. The lowest BCUT2D eigenvalue weighted by Crippen LogP contribution is -2.25. The summed E-state index contributed by atoms with van der Waals surface area (Å²) < 4.78 is 10.8. The minimum atomic E-state index is -0.124. The summed E-state index contributed by atoms with van der Waals surface area (Å²) in [5, 5.41) is 10.8. The smallest absolute Gasteiger partial charge is 0.253 e. The molecule has 1 aromatic carbocycles. The monoisotopic (exact) mass is 349 g/mol. The van der Waals surface area contributed by atoms with Crippen LogP contribution in [0.5, 0.6) is 0 Å². The number of fused-ring (bicyclic) bond motifs is 1. The van der Waals surface area contributed by atoms with Crippen LogP contribution in [0, 0.1) is 0 Å². The van der Waals surface area contributed by atoms with Gasteiger partial charge in [0.25, 0.3) is 5.91 Å². The molecule has 0 saturated heterocycles. The van der Waals surface area contributed by atoms with E-state index in [9.17, 15) is 4.79 Å². The quantitative estimate of drug-likeness (QED) is 0.837. The summed E-state index contributed by atoms with van der Waals surface area (Å²) in [6, 6.07) is 5.17. The van der Waals surface area contributed by atoms with Crippen molar-refractivity contribution in [3.63, 3.8) is 0 Å². The van der Waals surface area contributed by atoms with Gasteiger partial charge in [-0.05, 0) is 24.6 Å². The Morgan fingerprint density at radius 2 is 2.29 bits per heavy atom. The van der Waals surface area contributed by atoms with Crippen LogP contribution in [0.3, 0.4) is 0 Å². The molecule has 0 atom stereocenters. The molecule has 0 radical (unpaired) electrons. The average molecular weight is 350 g/mol. The molecule has 2 heterocycles. The molecular weight excluding hydrogens is 330 g/mol. The number of aromatic nitrogens is 1. The van der Waals surface area contributed by atoms with E-state index >= 15 is 0 Å². The summed E-state index contributed by atoms with van der Waals surface area (Å²) in [5.74, 6) is 0.756. The number of benzene rings is 1. The van der Waals surface area contributed by atoms with Gasteiger partial charge < -0.3 is 19.9 Å². The molecule has 2 aromatic rings. The second-order valence-corrected chi connectivity index (χ2v) is 6.07. The number of rotatable bonds is 6. The van der Waals surface area contributed by atoms with E-state index < -0.39 is 0 Å². The first-order valence-electron chi connectivity index (χ1n) is 8.04. The zero-order chi connectivity index (χ0) is 16.9. The van der Waals surface area contributed by atoms with E-state index in [0.29, 0.717) is 42.6 Å². The van der Waals surface area contributed by atoms with Gasteiger partial charge in [-0.25, -0.2) is 0 Å². The number of nitrogens with zero attached hydrogens (tertiary/aromatic N) is 1. The van der Waals surface area contributed by atoms with Crippen LogP contribution in [0.25, 0.3) is 0 Å². The molecule has 7 heteroatoms. The van der Waals surface area contributed by atoms with Crippen molar-refractivity contribution in [1.82, 2.24) is 10.5 Å². The second kappa shape index (κ2) is 7.68. The third-order valence-corrected chi connectivity index (χ3v) is 4.11. The van der Waals surface area contributed by atoms with Crippen LogP contribution >= 0.6 is 11.6 Å². The van der Waals surface area contributed by atoms with E-state index in [2.05, 4.69) is 15.8 Å². The lowest BCUT2D eigenvalue weighted by molar-refractivity contribution is 0.0954. The van der Waals surface area contributed by atoms with Gasteiger partial charge in [0, 0.05) is 29.2 Å². The molecule has 1 amide bonds.